The highest BCUT2D eigenvalue weighted by atomic mass is 16.1. The number of benzene rings is 2. The molecule has 3 nitrogen and oxygen atoms in total. The van der Waals surface area contributed by atoms with Crippen LogP contribution in [0.15, 0.2) is 42.5 Å². The molecule has 0 bridgehead atoms. The van der Waals surface area contributed by atoms with Crippen LogP contribution in [0.1, 0.15) is 10.4 Å². The number of carbonyl (C=O) groups is 1. The number of nitriles is 2. The van der Waals surface area contributed by atoms with E-state index in [0.717, 1.165) is 10.8 Å². The molecule has 0 fully saturated rings. The molecule has 17 heavy (non-hydrogen) atoms. The summed E-state index contributed by atoms with van der Waals surface area (Å²) in [4.78, 5) is 11.8. The van der Waals surface area contributed by atoms with Gasteiger partial charge in [-0.15, -0.1) is 0 Å². The maximum absolute atomic E-state index is 11.8. The van der Waals surface area contributed by atoms with E-state index in [2.05, 4.69) is 0 Å². The molecule has 0 aromatic heterocycles. The van der Waals surface area contributed by atoms with Gasteiger partial charge in [0.25, 0.3) is 0 Å². The summed E-state index contributed by atoms with van der Waals surface area (Å²) in [7, 11) is 0. The van der Waals surface area contributed by atoms with Crippen molar-refractivity contribution in [2.24, 2.45) is 5.92 Å². The number of Topliss-reactive ketones (excluding diaryl/α,β-unsaturated/α-hetero) is 1. The number of fused-ring (bicyclic) bond motifs is 1. The van der Waals surface area contributed by atoms with Crippen molar-refractivity contribution < 1.29 is 4.79 Å². The Morgan fingerprint density at radius 2 is 1.65 bits per heavy atom. The minimum Gasteiger partial charge on any atom is -0.291 e. The third kappa shape index (κ3) is 2.00. The van der Waals surface area contributed by atoms with Gasteiger partial charge in [-0.05, 0) is 16.8 Å². The summed E-state index contributed by atoms with van der Waals surface area (Å²) in [5, 5.41) is 19.3. The largest absolute Gasteiger partial charge is 0.291 e. The van der Waals surface area contributed by atoms with Crippen LogP contribution in [0.3, 0.4) is 0 Å². The van der Waals surface area contributed by atoms with Crippen LogP contribution in [0, 0.1) is 28.6 Å². The Labute approximate surface area is 98.5 Å². The molecular formula is C14H8N2O. The number of ketones is 1. The quantitative estimate of drug-likeness (QED) is 0.731. The van der Waals surface area contributed by atoms with E-state index >= 15 is 0 Å². The van der Waals surface area contributed by atoms with Gasteiger partial charge in [-0.25, -0.2) is 0 Å². The molecule has 0 aliphatic heterocycles. The molecule has 0 aliphatic carbocycles. The molecule has 0 saturated carbocycles. The van der Waals surface area contributed by atoms with Crippen molar-refractivity contribution in [3.05, 3.63) is 48.0 Å². The number of hydrogen-bond donors (Lipinski definition) is 0. The smallest absolute Gasteiger partial charge is 0.195 e. The maximum atomic E-state index is 11.8. The van der Waals surface area contributed by atoms with Crippen molar-refractivity contribution in [1.29, 1.82) is 10.5 Å². The van der Waals surface area contributed by atoms with E-state index in [9.17, 15) is 4.79 Å². The van der Waals surface area contributed by atoms with Crippen LogP contribution in [-0.2, 0) is 0 Å². The average Bonchev–Trinajstić information content (AvgIpc) is 2.39. The van der Waals surface area contributed by atoms with Crippen LogP contribution in [0.5, 0.6) is 0 Å². The lowest BCUT2D eigenvalue weighted by molar-refractivity contribution is 0.0971. The van der Waals surface area contributed by atoms with Crippen molar-refractivity contribution in [2.45, 2.75) is 0 Å². The van der Waals surface area contributed by atoms with Gasteiger partial charge in [-0.1, -0.05) is 36.4 Å². The fourth-order valence-electron chi connectivity index (χ4n) is 1.66. The molecule has 80 valence electrons. The third-order valence-electron chi connectivity index (χ3n) is 2.55. The molecular weight excluding hydrogens is 212 g/mol. The van der Waals surface area contributed by atoms with E-state index in [-0.39, 0.29) is 0 Å². The molecule has 0 unspecified atom stereocenters. The first kappa shape index (κ1) is 10.9. The molecule has 2 aromatic carbocycles. The van der Waals surface area contributed by atoms with Gasteiger partial charge in [0.15, 0.2) is 11.7 Å². The summed E-state index contributed by atoms with van der Waals surface area (Å²) in [5.41, 5.74) is 0.400. The van der Waals surface area contributed by atoms with E-state index in [1.165, 1.54) is 0 Å². The van der Waals surface area contributed by atoms with Crippen molar-refractivity contribution >= 4 is 16.6 Å². The zero-order valence-electron chi connectivity index (χ0n) is 8.92. The first-order chi connectivity index (χ1) is 8.26. The van der Waals surface area contributed by atoms with E-state index in [1.807, 2.05) is 30.3 Å². The predicted octanol–water partition coefficient (Wildman–Crippen LogP) is 2.69. The van der Waals surface area contributed by atoms with Crippen LogP contribution < -0.4 is 0 Å². The summed E-state index contributed by atoms with van der Waals surface area (Å²) in [6.45, 7) is 0. The number of nitrogens with zero attached hydrogens (tertiary/aromatic N) is 2. The Balaban J connectivity index is 2.48. The topological polar surface area (TPSA) is 64.7 Å². The molecule has 3 heteroatoms. The average molecular weight is 220 g/mol. The van der Waals surface area contributed by atoms with E-state index in [0.29, 0.717) is 5.56 Å². The molecule has 0 amide bonds. The molecule has 0 aliphatic rings. The lowest BCUT2D eigenvalue weighted by Crippen LogP contribution is -2.10. The Hall–Kier alpha value is -2.65. The zero-order chi connectivity index (χ0) is 12.3. The first-order valence-electron chi connectivity index (χ1n) is 5.08. The van der Waals surface area contributed by atoms with Crippen molar-refractivity contribution in [3.8, 4) is 12.1 Å². The molecule has 2 rings (SSSR count). The van der Waals surface area contributed by atoms with E-state index < -0.39 is 11.7 Å². The fourth-order valence-corrected chi connectivity index (χ4v) is 1.66. The lowest BCUT2D eigenvalue weighted by Gasteiger charge is -2.02. The first-order valence-corrected chi connectivity index (χ1v) is 5.08. The monoisotopic (exact) mass is 220 g/mol. The second-order valence-corrected chi connectivity index (χ2v) is 3.62. The third-order valence-corrected chi connectivity index (χ3v) is 2.55. The Morgan fingerprint density at radius 1 is 1.00 bits per heavy atom. The molecule has 0 radical (unpaired) electrons. The van der Waals surface area contributed by atoms with Crippen LogP contribution in [-0.4, -0.2) is 5.78 Å². The Bertz CT molecular complexity index is 648. The number of hydrogen-bond acceptors (Lipinski definition) is 3. The Morgan fingerprint density at radius 3 is 2.29 bits per heavy atom. The van der Waals surface area contributed by atoms with Crippen molar-refractivity contribution in [1.82, 2.24) is 0 Å². The van der Waals surface area contributed by atoms with Gasteiger partial charge in [-0.3, -0.25) is 4.79 Å². The Kier molecular flexibility index (Phi) is 2.85. The summed E-state index contributed by atoms with van der Waals surface area (Å²) >= 11 is 0. The second kappa shape index (κ2) is 4.47. The van der Waals surface area contributed by atoms with Crippen LogP contribution in [0.4, 0.5) is 0 Å². The molecule has 2 aromatic rings. The highest BCUT2D eigenvalue weighted by molar-refractivity contribution is 6.03. The van der Waals surface area contributed by atoms with Gasteiger partial charge in [0.2, 0.25) is 0 Å². The summed E-state index contributed by atoms with van der Waals surface area (Å²) in [6, 6.07) is 16.2. The molecule has 0 saturated heterocycles. The van der Waals surface area contributed by atoms with E-state index in [4.69, 9.17) is 10.5 Å². The lowest BCUT2D eigenvalue weighted by atomic mass is 9.98. The second-order valence-electron chi connectivity index (χ2n) is 3.62. The van der Waals surface area contributed by atoms with E-state index in [1.54, 1.807) is 24.3 Å². The highest BCUT2D eigenvalue weighted by Crippen LogP contribution is 2.17. The van der Waals surface area contributed by atoms with Crippen molar-refractivity contribution in [2.75, 3.05) is 0 Å². The molecule has 0 spiro atoms. The van der Waals surface area contributed by atoms with Gasteiger partial charge in [-0.2, -0.15) is 10.5 Å². The van der Waals surface area contributed by atoms with Crippen LogP contribution >= 0.6 is 0 Å². The number of carbonyl (C=O) groups excluding carboxylic acids is 1. The van der Waals surface area contributed by atoms with Crippen LogP contribution in [0.2, 0.25) is 0 Å². The van der Waals surface area contributed by atoms with Crippen molar-refractivity contribution in [3.63, 3.8) is 0 Å². The zero-order valence-corrected chi connectivity index (χ0v) is 8.92. The summed E-state index contributed by atoms with van der Waals surface area (Å²) in [5.74, 6) is -1.67. The fraction of sp³-hybridized carbons (Fsp3) is 0.0714. The van der Waals surface area contributed by atoms with Gasteiger partial charge in [0.1, 0.15) is 0 Å². The van der Waals surface area contributed by atoms with Gasteiger partial charge in [0.05, 0.1) is 12.1 Å². The van der Waals surface area contributed by atoms with Crippen LogP contribution in [0.25, 0.3) is 10.8 Å². The molecule has 0 heterocycles. The minimum absolute atomic E-state index is 0.400. The normalized spacial score (nSPS) is 9.82. The SMILES string of the molecule is N#CC(C#N)C(=O)c1ccc2ccccc2c1. The molecule has 0 atom stereocenters. The summed E-state index contributed by atoms with van der Waals surface area (Å²) in [6.07, 6.45) is 0. The van der Waals surface area contributed by atoms with Gasteiger partial charge < -0.3 is 0 Å². The maximum Gasteiger partial charge on any atom is 0.195 e. The van der Waals surface area contributed by atoms with Gasteiger partial charge in [0, 0.05) is 5.56 Å². The predicted molar refractivity (Wildman–Crippen MR) is 63.0 cm³/mol. The standard InChI is InChI=1S/C14H8N2O/c15-8-13(9-16)14(17)12-6-5-10-3-1-2-4-11(10)7-12/h1-7,13H. The summed E-state index contributed by atoms with van der Waals surface area (Å²) < 4.78 is 0. The van der Waals surface area contributed by atoms with Gasteiger partial charge >= 0.3 is 0 Å². The highest BCUT2D eigenvalue weighted by Gasteiger charge is 2.18. The number of rotatable bonds is 2. The molecule has 0 N–H and O–H groups in total. The minimum atomic E-state index is -1.23.